The van der Waals surface area contributed by atoms with E-state index in [1.807, 2.05) is 18.2 Å². The molecule has 3 atom stereocenters. The number of aliphatic carboxylic acids is 1. The number of carbonyl (C=O) groups is 5. The van der Waals surface area contributed by atoms with Crippen molar-refractivity contribution in [3.63, 3.8) is 0 Å². The molecule has 0 saturated heterocycles. The maximum absolute atomic E-state index is 13.4. The van der Waals surface area contributed by atoms with E-state index in [2.05, 4.69) is 20.9 Å². The summed E-state index contributed by atoms with van der Waals surface area (Å²) in [5.41, 5.74) is 12.5. The van der Waals surface area contributed by atoms with Crippen molar-refractivity contribution in [1.29, 1.82) is 0 Å². The van der Waals surface area contributed by atoms with Crippen LogP contribution in [0.5, 0.6) is 5.75 Å². The molecule has 0 saturated carbocycles. The van der Waals surface area contributed by atoms with Crippen LogP contribution in [0.15, 0.2) is 54.7 Å². The first-order chi connectivity index (χ1) is 18.6. The average Bonchev–Trinajstić information content (AvgIpc) is 3.30. The van der Waals surface area contributed by atoms with Crippen LogP contribution in [0.1, 0.15) is 17.5 Å². The third kappa shape index (κ3) is 8.04. The number of amides is 4. The van der Waals surface area contributed by atoms with E-state index in [1.54, 1.807) is 12.3 Å². The van der Waals surface area contributed by atoms with Crippen LogP contribution in [-0.2, 0) is 36.8 Å². The molecule has 4 amide bonds. The van der Waals surface area contributed by atoms with E-state index in [0.717, 1.165) is 10.9 Å². The number of nitrogens with two attached hydrogens (primary N) is 2. The number of primary amides is 1. The fraction of sp³-hybridized carbons (Fsp3) is 0.269. The van der Waals surface area contributed by atoms with Crippen molar-refractivity contribution in [2.75, 3.05) is 6.54 Å². The Morgan fingerprint density at radius 2 is 1.49 bits per heavy atom. The van der Waals surface area contributed by atoms with E-state index in [9.17, 15) is 34.2 Å². The van der Waals surface area contributed by atoms with Gasteiger partial charge in [-0.3, -0.25) is 19.2 Å². The summed E-state index contributed by atoms with van der Waals surface area (Å²) in [6, 6.07) is 9.07. The number of fused-ring (bicyclic) bond motifs is 1. The number of carbonyl (C=O) groups excluding carboxylic acids is 4. The average molecular weight is 539 g/mol. The topological polar surface area (TPSA) is 230 Å². The van der Waals surface area contributed by atoms with Crippen LogP contribution in [0.2, 0.25) is 0 Å². The SMILES string of the molecule is NCC(=O)NC(CC(N)=O)C(=O)NC(Cc1c[nH]c2ccccc12)C(=O)NC(Cc1ccc(O)cc1)C(=O)O. The van der Waals surface area contributed by atoms with Gasteiger partial charge in [-0.15, -0.1) is 0 Å². The van der Waals surface area contributed by atoms with Crippen molar-refractivity contribution in [2.24, 2.45) is 11.5 Å². The van der Waals surface area contributed by atoms with Crippen molar-refractivity contribution in [1.82, 2.24) is 20.9 Å². The number of nitrogens with one attached hydrogen (secondary N) is 4. The van der Waals surface area contributed by atoms with Gasteiger partial charge in [0.05, 0.1) is 13.0 Å². The molecule has 13 heteroatoms. The summed E-state index contributed by atoms with van der Waals surface area (Å²) < 4.78 is 0. The summed E-state index contributed by atoms with van der Waals surface area (Å²) in [4.78, 5) is 64.8. The number of phenols is 1. The summed E-state index contributed by atoms with van der Waals surface area (Å²) >= 11 is 0. The van der Waals surface area contributed by atoms with Gasteiger partial charge in [0.25, 0.3) is 0 Å². The van der Waals surface area contributed by atoms with Gasteiger partial charge in [-0.1, -0.05) is 30.3 Å². The van der Waals surface area contributed by atoms with Crippen LogP contribution >= 0.6 is 0 Å². The third-order valence-corrected chi connectivity index (χ3v) is 5.97. The quantitative estimate of drug-likeness (QED) is 0.135. The lowest BCUT2D eigenvalue weighted by atomic mass is 10.0. The Labute approximate surface area is 222 Å². The third-order valence-electron chi connectivity index (χ3n) is 5.97. The molecule has 39 heavy (non-hydrogen) atoms. The smallest absolute Gasteiger partial charge is 0.326 e. The van der Waals surface area contributed by atoms with Crippen LogP contribution < -0.4 is 27.4 Å². The first kappa shape index (κ1) is 28.7. The molecular formula is C26H30N6O7. The number of hydrogen-bond acceptors (Lipinski definition) is 7. The summed E-state index contributed by atoms with van der Waals surface area (Å²) in [5, 5.41) is 27.3. The summed E-state index contributed by atoms with van der Waals surface area (Å²) in [7, 11) is 0. The van der Waals surface area contributed by atoms with Crippen molar-refractivity contribution in [2.45, 2.75) is 37.4 Å². The van der Waals surface area contributed by atoms with Gasteiger partial charge in [0.1, 0.15) is 23.9 Å². The van der Waals surface area contributed by atoms with E-state index in [4.69, 9.17) is 11.5 Å². The molecule has 1 aromatic heterocycles. The van der Waals surface area contributed by atoms with Crippen molar-refractivity contribution in [3.05, 3.63) is 65.9 Å². The number of aromatic hydroxyl groups is 1. The predicted octanol–water partition coefficient (Wildman–Crippen LogP) is -0.968. The van der Waals surface area contributed by atoms with E-state index in [0.29, 0.717) is 11.1 Å². The molecule has 206 valence electrons. The molecule has 0 spiro atoms. The summed E-state index contributed by atoms with van der Waals surface area (Å²) in [5.74, 6) is -4.57. The van der Waals surface area contributed by atoms with Gasteiger partial charge in [0, 0.05) is 29.9 Å². The number of H-pyrrole nitrogens is 1. The number of benzene rings is 2. The minimum absolute atomic E-state index is 0.00316. The second-order valence-corrected chi connectivity index (χ2v) is 8.89. The maximum Gasteiger partial charge on any atom is 0.326 e. The lowest BCUT2D eigenvalue weighted by Gasteiger charge is -2.24. The van der Waals surface area contributed by atoms with E-state index < -0.39 is 60.7 Å². The molecule has 13 nitrogen and oxygen atoms in total. The summed E-state index contributed by atoms with van der Waals surface area (Å²) in [6.07, 6.45) is 0.990. The largest absolute Gasteiger partial charge is 0.508 e. The van der Waals surface area contributed by atoms with E-state index in [1.165, 1.54) is 24.3 Å². The Balaban J connectivity index is 1.86. The van der Waals surface area contributed by atoms with E-state index >= 15 is 0 Å². The Kier molecular flexibility index (Phi) is 9.59. The number of para-hydroxylation sites is 1. The highest BCUT2D eigenvalue weighted by molar-refractivity contribution is 5.96. The Morgan fingerprint density at radius 1 is 0.846 bits per heavy atom. The number of rotatable bonds is 13. The fourth-order valence-electron chi connectivity index (χ4n) is 4.01. The highest BCUT2D eigenvalue weighted by Gasteiger charge is 2.31. The second kappa shape index (κ2) is 13.1. The lowest BCUT2D eigenvalue weighted by molar-refractivity contribution is -0.142. The first-order valence-corrected chi connectivity index (χ1v) is 12.0. The standard InChI is InChI=1S/C26H30N6O7/c27-12-23(35)30-20(11-22(28)34)25(37)31-19(10-15-13-29-18-4-2-1-3-17(15)18)24(36)32-21(26(38)39)9-14-5-7-16(33)8-6-14/h1-8,13,19-21,29,33H,9-12,27H2,(H2,28,34)(H,30,35)(H,31,37)(H,32,36)(H,38,39). The number of aromatic nitrogens is 1. The van der Waals surface area contributed by atoms with Gasteiger partial charge in [0.2, 0.25) is 23.6 Å². The van der Waals surface area contributed by atoms with Crippen molar-refractivity contribution >= 4 is 40.5 Å². The molecule has 10 N–H and O–H groups in total. The van der Waals surface area contributed by atoms with E-state index in [-0.39, 0.29) is 18.6 Å². The minimum atomic E-state index is -1.40. The molecule has 3 unspecified atom stereocenters. The van der Waals surface area contributed by atoms with Gasteiger partial charge in [-0.05, 0) is 29.3 Å². The molecule has 3 aromatic rings. The molecular weight excluding hydrogens is 508 g/mol. The summed E-state index contributed by atoms with van der Waals surface area (Å²) in [6.45, 7) is -0.445. The van der Waals surface area contributed by atoms with Crippen molar-refractivity contribution < 1.29 is 34.2 Å². The molecule has 0 radical (unpaired) electrons. The number of carboxylic acids is 1. The van der Waals surface area contributed by atoms with Gasteiger partial charge in [-0.2, -0.15) is 0 Å². The van der Waals surface area contributed by atoms with Gasteiger partial charge in [-0.25, -0.2) is 4.79 Å². The number of aromatic amines is 1. The molecule has 0 fully saturated rings. The monoisotopic (exact) mass is 538 g/mol. The first-order valence-electron chi connectivity index (χ1n) is 12.0. The number of phenolic OH excluding ortho intramolecular Hbond substituents is 1. The molecule has 1 heterocycles. The van der Waals surface area contributed by atoms with Crippen LogP contribution in [0, 0.1) is 0 Å². The molecule has 2 aromatic carbocycles. The molecule has 0 aliphatic carbocycles. The highest BCUT2D eigenvalue weighted by atomic mass is 16.4. The zero-order chi connectivity index (χ0) is 28.5. The van der Waals surface area contributed by atoms with Crippen LogP contribution in [0.4, 0.5) is 0 Å². The maximum atomic E-state index is 13.4. The molecule has 0 aliphatic heterocycles. The molecule has 0 aliphatic rings. The predicted molar refractivity (Wildman–Crippen MR) is 140 cm³/mol. The second-order valence-electron chi connectivity index (χ2n) is 8.89. The Hall–Kier alpha value is -4.91. The lowest BCUT2D eigenvalue weighted by Crippen LogP contribution is -2.57. The zero-order valence-corrected chi connectivity index (χ0v) is 20.8. The number of hydrogen-bond donors (Lipinski definition) is 8. The van der Waals surface area contributed by atoms with Crippen molar-refractivity contribution in [3.8, 4) is 5.75 Å². The molecule has 3 rings (SSSR count). The van der Waals surface area contributed by atoms with Gasteiger partial charge >= 0.3 is 5.97 Å². The Morgan fingerprint density at radius 3 is 2.13 bits per heavy atom. The molecule has 0 bridgehead atoms. The minimum Gasteiger partial charge on any atom is -0.508 e. The van der Waals surface area contributed by atoms with Crippen LogP contribution in [0.3, 0.4) is 0 Å². The van der Waals surface area contributed by atoms with Crippen LogP contribution in [0.25, 0.3) is 10.9 Å². The number of carboxylic acid groups (broad SMARTS) is 1. The Bertz CT molecular complexity index is 1350. The van der Waals surface area contributed by atoms with Gasteiger partial charge < -0.3 is 42.6 Å². The fourth-order valence-corrected chi connectivity index (χ4v) is 4.01. The normalized spacial score (nSPS) is 13.2. The van der Waals surface area contributed by atoms with Gasteiger partial charge in [0.15, 0.2) is 0 Å². The van der Waals surface area contributed by atoms with Crippen LogP contribution in [-0.4, -0.2) is 69.5 Å². The highest BCUT2D eigenvalue weighted by Crippen LogP contribution is 2.19. The zero-order valence-electron chi connectivity index (χ0n) is 20.8.